The van der Waals surface area contributed by atoms with Crippen LogP contribution in [0.2, 0.25) is 5.02 Å². The van der Waals surface area contributed by atoms with Gasteiger partial charge in [-0.05, 0) is 17.2 Å². The second kappa shape index (κ2) is 7.81. The molecule has 0 aliphatic rings. The molecule has 4 aromatic rings. The van der Waals surface area contributed by atoms with Crippen LogP contribution in [0.5, 0.6) is 0 Å². The third-order valence-electron chi connectivity index (χ3n) is 4.64. The van der Waals surface area contributed by atoms with E-state index in [-0.39, 0.29) is 12.1 Å². The van der Waals surface area contributed by atoms with Crippen molar-refractivity contribution < 1.29 is 4.79 Å². The van der Waals surface area contributed by atoms with Crippen LogP contribution in [0.4, 0.5) is 0 Å². The zero-order chi connectivity index (χ0) is 20.4. The highest BCUT2D eigenvalue weighted by molar-refractivity contribution is 6.31. The molecule has 146 valence electrons. The average molecular weight is 409 g/mol. The smallest absolute Gasteiger partial charge is 0.329 e. The number of H-pyrrole nitrogens is 2. The lowest BCUT2D eigenvalue weighted by atomic mass is 10.1. The van der Waals surface area contributed by atoms with Gasteiger partial charge >= 0.3 is 5.69 Å². The Morgan fingerprint density at radius 1 is 1.00 bits per heavy atom. The zero-order valence-corrected chi connectivity index (χ0v) is 16.0. The number of fused-ring (bicyclic) bond motifs is 1. The van der Waals surface area contributed by atoms with Crippen molar-refractivity contribution in [3.05, 3.63) is 92.2 Å². The molecule has 8 heteroatoms. The molecule has 7 nitrogen and oxygen atoms in total. The number of nitrogens with one attached hydrogen (secondary N) is 3. The fourth-order valence-corrected chi connectivity index (χ4v) is 3.35. The maximum absolute atomic E-state index is 12.8. The van der Waals surface area contributed by atoms with Gasteiger partial charge in [0.15, 0.2) is 0 Å². The summed E-state index contributed by atoms with van der Waals surface area (Å²) >= 11 is 6.07. The number of hydrogen-bond donors (Lipinski definition) is 3. The molecule has 0 fully saturated rings. The van der Waals surface area contributed by atoms with Crippen LogP contribution in [0, 0.1) is 0 Å². The van der Waals surface area contributed by atoms with Crippen molar-refractivity contribution in [2.24, 2.45) is 0 Å². The highest BCUT2D eigenvalue weighted by atomic mass is 35.5. The van der Waals surface area contributed by atoms with Crippen molar-refractivity contribution in [2.45, 2.75) is 13.1 Å². The summed E-state index contributed by atoms with van der Waals surface area (Å²) in [6.07, 6.45) is 1.67. The molecule has 0 unspecified atom stereocenters. The number of carbonyl (C=O) groups excluding carboxylic acids is 1. The summed E-state index contributed by atoms with van der Waals surface area (Å²) in [6, 6.07) is 16.5. The predicted octanol–water partition coefficient (Wildman–Crippen LogP) is 2.65. The predicted molar refractivity (Wildman–Crippen MR) is 112 cm³/mol. The van der Waals surface area contributed by atoms with Crippen LogP contribution in [0.1, 0.15) is 5.56 Å². The summed E-state index contributed by atoms with van der Waals surface area (Å²) in [4.78, 5) is 43.2. The summed E-state index contributed by atoms with van der Waals surface area (Å²) in [5, 5.41) is 3.21. The Hall–Kier alpha value is -3.58. The van der Waals surface area contributed by atoms with E-state index in [4.69, 9.17) is 11.6 Å². The first-order valence-electron chi connectivity index (χ1n) is 8.94. The van der Waals surface area contributed by atoms with Gasteiger partial charge in [0.1, 0.15) is 12.1 Å². The average Bonchev–Trinajstić information content (AvgIpc) is 3.15. The van der Waals surface area contributed by atoms with E-state index in [1.54, 1.807) is 24.4 Å². The Morgan fingerprint density at radius 3 is 2.48 bits per heavy atom. The lowest BCUT2D eigenvalue weighted by Gasteiger charge is -2.08. The Balaban J connectivity index is 1.60. The highest BCUT2D eigenvalue weighted by Gasteiger charge is 2.15. The van der Waals surface area contributed by atoms with Gasteiger partial charge < -0.3 is 15.3 Å². The number of aromatic nitrogens is 3. The third kappa shape index (κ3) is 3.72. The molecule has 0 aliphatic heterocycles. The maximum atomic E-state index is 12.8. The standard InChI is InChI=1S/C21H17ClN4O3/c22-16-9-5-4-8-14(16)10-23-17(27)12-26-20(28)19-18(25-21(26)29)15(11-24-19)13-6-2-1-3-7-13/h1-9,11,24H,10,12H2,(H,23,27)(H,25,29). The molecule has 0 radical (unpaired) electrons. The number of nitrogens with zero attached hydrogens (tertiary/aromatic N) is 1. The van der Waals surface area contributed by atoms with Gasteiger partial charge in [0.25, 0.3) is 5.56 Å². The number of carbonyl (C=O) groups is 1. The summed E-state index contributed by atoms with van der Waals surface area (Å²) < 4.78 is 0.871. The molecule has 29 heavy (non-hydrogen) atoms. The van der Waals surface area contributed by atoms with Crippen molar-refractivity contribution in [1.82, 2.24) is 19.9 Å². The lowest BCUT2D eigenvalue weighted by Crippen LogP contribution is -2.40. The second-order valence-corrected chi connectivity index (χ2v) is 6.92. The van der Waals surface area contributed by atoms with Crippen molar-refractivity contribution in [3.63, 3.8) is 0 Å². The number of halogens is 1. The minimum Gasteiger partial charge on any atom is -0.355 e. The first-order valence-corrected chi connectivity index (χ1v) is 9.32. The van der Waals surface area contributed by atoms with Gasteiger partial charge in [-0.25, -0.2) is 9.36 Å². The number of benzene rings is 2. The van der Waals surface area contributed by atoms with Crippen LogP contribution in [0.25, 0.3) is 22.2 Å². The molecule has 0 saturated heterocycles. The normalized spacial score (nSPS) is 10.9. The monoisotopic (exact) mass is 408 g/mol. The van der Waals surface area contributed by atoms with Crippen molar-refractivity contribution in [1.29, 1.82) is 0 Å². The number of hydrogen-bond acceptors (Lipinski definition) is 3. The zero-order valence-electron chi connectivity index (χ0n) is 15.2. The van der Waals surface area contributed by atoms with Gasteiger partial charge in [-0.1, -0.05) is 60.1 Å². The molecule has 2 aromatic heterocycles. The molecule has 0 atom stereocenters. The van der Waals surface area contributed by atoms with Gasteiger partial charge in [-0.15, -0.1) is 0 Å². The fraction of sp³-hybridized carbons (Fsp3) is 0.0952. The van der Waals surface area contributed by atoms with Crippen LogP contribution in [0.15, 0.2) is 70.4 Å². The van der Waals surface area contributed by atoms with Gasteiger partial charge in [-0.2, -0.15) is 0 Å². The Morgan fingerprint density at radius 2 is 1.72 bits per heavy atom. The SMILES string of the molecule is O=C(Cn1c(=O)[nH]c2c(-c3ccccc3)c[nH]c2c1=O)NCc1ccccc1Cl. The molecular formula is C21H17ClN4O3. The minimum absolute atomic E-state index is 0.202. The molecule has 4 rings (SSSR count). The summed E-state index contributed by atoms with van der Waals surface area (Å²) in [7, 11) is 0. The van der Waals surface area contributed by atoms with Crippen LogP contribution in [-0.4, -0.2) is 20.4 Å². The third-order valence-corrected chi connectivity index (χ3v) is 5.01. The molecular weight excluding hydrogens is 392 g/mol. The van der Waals surface area contributed by atoms with Gasteiger partial charge in [-0.3, -0.25) is 9.59 Å². The molecule has 0 saturated carbocycles. The molecule has 2 aromatic carbocycles. The molecule has 2 heterocycles. The largest absolute Gasteiger partial charge is 0.355 e. The summed E-state index contributed by atoms with van der Waals surface area (Å²) in [6.45, 7) is -0.192. The first-order chi connectivity index (χ1) is 14.0. The Bertz CT molecular complexity index is 1310. The van der Waals surface area contributed by atoms with E-state index in [1.807, 2.05) is 36.4 Å². The Labute approximate surface area is 170 Å². The van der Waals surface area contributed by atoms with Crippen molar-refractivity contribution in [2.75, 3.05) is 0 Å². The molecule has 0 aliphatic carbocycles. The second-order valence-electron chi connectivity index (χ2n) is 6.51. The number of aromatic amines is 2. The molecule has 1 amide bonds. The molecule has 0 spiro atoms. The number of rotatable bonds is 5. The van der Waals surface area contributed by atoms with E-state index >= 15 is 0 Å². The van der Waals surface area contributed by atoms with E-state index in [9.17, 15) is 14.4 Å². The maximum Gasteiger partial charge on any atom is 0.329 e. The van der Waals surface area contributed by atoms with E-state index in [0.29, 0.717) is 16.1 Å². The Kier molecular flexibility index (Phi) is 5.05. The van der Waals surface area contributed by atoms with E-state index in [0.717, 1.165) is 15.7 Å². The molecule has 0 bridgehead atoms. The van der Waals surface area contributed by atoms with Crippen LogP contribution >= 0.6 is 11.6 Å². The molecule has 3 N–H and O–H groups in total. The number of amides is 1. The van der Waals surface area contributed by atoms with Crippen LogP contribution in [0.3, 0.4) is 0 Å². The summed E-state index contributed by atoms with van der Waals surface area (Å²) in [5.74, 6) is -0.466. The van der Waals surface area contributed by atoms with Gasteiger partial charge in [0.05, 0.1) is 5.52 Å². The fourth-order valence-electron chi connectivity index (χ4n) is 3.15. The van der Waals surface area contributed by atoms with Gasteiger partial charge in [0, 0.05) is 23.3 Å². The minimum atomic E-state index is -0.646. The van der Waals surface area contributed by atoms with Crippen molar-refractivity contribution >= 4 is 28.5 Å². The highest BCUT2D eigenvalue weighted by Crippen LogP contribution is 2.24. The van der Waals surface area contributed by atoms with Gasteiger partial charge in [0.2, 0.25) is 5.91 Å². The van der Waals surface area contributed by atoms with Crippen molar-refractivity contribution in [3.8, 4) is 11.1 Å². The van der Waals surface area contributed by atoms with E-state index in [2.05, 4.69) is 15.3 Å². The van der Waals surface area contributed by atoms with Crippen LogP contribution < -0.4 is 16.6 Å². The first kappa shape index (κ1) is 18.8. The quantitative estimate of drug-likeness (QED) is 0.473. The van der Waals surface area contributed by atoms with E-state index in [1.165, 1.54) is 0 Å². The summed E-state index contributed by atoms with van der Waals surface area (Å²) in [5.41, 5.74) is 1.78. The van der Waals surface area contributed by atoms with E-state index < -0.39 is 23.7 Å². The van der Waals surface area contributed by atoms with Crippen LogP contribution in [-0.2, 0) is 17.9 Å². The lowest BCUT2D eigenvalue weighted by molar-refractivity contribution is -0.121. The topological polar surface area (TPSA) is 99.8 Å².